The molecule has 1 aromatic rings. The Kier molecular flexibility index (Phi) is 5.39. The molecule has 0 saturated carbocycles. The number of carbonyl (C=O) groups excluding carboxylic acids is 2. The summed E-state index contributed by atoms with van der Waals surface area (Å²) in [6.07, 6.45) is 2.16. The maximum absolute atomic E-state index is 12.5. The highest BCUT2D eigenvalue weighted by molar-refractivity contribution is 9.10. The van der Waals surface area contributed by atoms with E-state index in [9.17, 15) is 9.59 Å². The fourth-order valence-electron chi connectivity index (χ4n) is 2.60. The molecule has 0 aliphatic carbocycles. The van der Waals surface area contributed by atoms with Gasteiger partial charge in [0, 0.05) is 35.6 Å². The number of piperidine rings is 1. The van der Waals surface area contributed by atoms with Crippen LogP contribution in [0.2, 0.25) is 0 Å². The van der Waals surface area contributed by atoms with Crippen molar-refractivity contribution in [3.8, 4) is 0 Å². The Morgan fingerprint density at radius 3 is 2.52 bits per heavy atom. The maximum Gasteiger partial charge on any atom is 0.253 e. The van der Waals surface area contributed by atoms with Crippen LogP contribution in [0, 0.1) is 6.92 Å². The number of halogens is 1. The summed E-state index contributed by atoms with van der Waals surface area (Å²) in [5.74, 6) is 0.155. The van der Waals surface area contributed by atoms with E-state index in [1.807, 2.05) is 36.9 Å². The minimum absolute atomic E-state index is 0.0691. The molecule has 2 amide bonds. The molecular weight excluding hydrogens is 332 g/mol. The van der Waals surface area contributed by atoms with Crippen LogP contribution in [0.25, 0.3) is 0 Å². The average molecular weight is 353 g/mol. The summed E-state index contributed by atoms with van der Waals surface area (Å²) in [5.41, 5.74) is 1.79. The SMILES string of the molecule is CCC(=O)NC1CCN(C(=O)c2cc(C)cc(Br)c2)CC1. The van der Waals surface area contributed by atoms with Crippen LogP contribution >= 0.6 is 15.9 Å². The molecule has 1 saturated heterocycles. The van der Waals surface area contributed by atoms with E-state index < -0.39 is 0 Å². The van der Waals surface area contributed by atoms with Crippen molar-refractivity contribution in [2.75, 3.05) is 13.1 Å². The van der Waals surface area contributed by atoms with Crippen molar-refractivity contribution >= 4 is 27.7 Å². The fraction of sp³-hybridized carbons (Fsp3) is 0.500. The van der Waals surface area contributed by atoms with Gasteiger partial charge in [0.1, 0.15) is 0 Å². The number of benzene rings is 1. The predicted molar refractivity (Wildman–Crippen MR) is 86.2 cm³/mol. The van der Waals surface area contributed by atoms with Gasteiger partial charge in [0.25, 0.3) is 5.91 Å². The molecule has 2 rings (SSSR count). The van der Waals surface area contributed by atoms with Crippen molar-refractivity contribution in [3.63, 3.8) is 0 Å². The topological polar surface area (TPSA) is 49.4 Å². The average Bonchev–Trinajstić information content (AvgIpc) is 2.46. The van der Waals surface area contributed by atoms with Crippen molar-refractivity contribution in [2.45, 2.75) is 39.2 Å². The minimum Gasteiger partial charge on any atom is -0.353 e. The molecule has 1 heterocycles. The Balaban J connectivity index is 1.95. The summed E-state index contributed by atoms with van der Waals surface area (Å²) in [7, 11) is 0. The van der Waals surface area contributed by atoms with Gasteiger partial charge in [-0.15, -0.1) is 0 Å². The predicted octanol–water partition coefficient (Wildman–Crippen LogP) is 2.89. The lowest BCUT2D eigenvalue weighted by atomic mass is 10.0. The molecule has 0 atom stereocenters. The van der Waals surface area contributed by atoms with Crippen molar-refractivity contribution in [1.29, 1.82) is 0 Å². The molecule has 0 bridgehead atoms. The molecule has 0 spiro atoms. The van der Waals surface area contributed by atoms with Gasteiger partial charge in [-0.2, -0.15) is 0 Å². The summed E-state index contributed by atoms with van der Waals surface area (Å²) < 4.78 is 0.927. The highest BCUT2D eigenvalue weighted by atomic mass is 79.9. The first-order chi connectivity index (χ1) is 9.99. The van der Waals surface area contributed by atoms with E-state index in [4.69, 9.17) is 0 Å². The van der Waals surface area contributed by atoms with E-state index in [0.717, 1.165) is 28.4 Å². The van der Waals surface area contributed by atoms with Gasteiger partial charge in [0.05, 0.1) is 0 Å². The third kappa shape index (κ3) is 4.30. The third-order valence-electron chi connectivity index (χ3n) is 3.76. The van der Waals surface area contributed by atoms with Crippen LogP contribution in [-0.2, 0) is 4.79 Å². The van der Waals surface area contributed by atoms with Crippen molar-refractivity contribution in [2.24, 2.45) is 0 Å². The van der Waals surface area contributed by atoms with Crippen molar-refractivity contribution in [1.82, 2.24) is 10.2 Å². The highest BCUT2D eigenvalue weighted by Crippen LogP contribution is 2.19. The summed E-state index contributed by atoms with van der Waals surface area (Å²) in [5, 5.41) is 3.00. The number of likely N-dealkylation sites (tertiary alicyclic amines) is 1. The molecule has 1 N–H and O–H groups in total. The number of hydrogen-bond donors (Lipinski definition) is 1. The van der Waals surface area contributed by atoms with E-state index in [0.29, 0.717) is 19.5 Å². The smallest absolute Gasteiger partial charge is 0.253 e. The van der Waals surface area contributed by atoms with E-state index in [1.54, 1.807) is 0 Å². The maximum atomic E-state index is 12.5. The second-order valence-electron chi connectivity index (χ2n) is 5.50. The van der Waals surface area contributed by atoms with Gasteiger partial charge in [-0.05, 0) is 43.5 Å². The Morgan fingerprint density at radius 1 is 1.29 bits per heavy atom. The van der Waals surface area contributed by atoms with E-state index in [1.165, 1.54) is 0 Å². The summed E-state index contributed by atoms with van der Waals surface area (Å²) in [6, 6.07) is 5.97. The van der Waals surface area contributed by atoms with Crippen LogP contribution in [-0.4, -0.2) is 35.8 Å². The minimum atomic E-state index is 0.0691. The van der Waals surface area contributed by atoms with Gasteiger partial charge in [0.15, 0.2) is 0 Å². The Bertz CT molecular complexity index is 517. The summed E-state index contributed by atoms with van der Waals surface area (Å²) >= 11 is 3.43. The standard InChI is InChI=1S/C16H21BrN2O2/c1-3-15(20)18-14-4-6-19(7-5-14)16(21)12-8-11(2)9-13(17)10-12/h8-10,14H,3-7H2,1-2H3,(H,18,20). The van der Waals surface area contributed by atoms with Gasteiger partial charge in [0.2, 0.25) is 5.91 Å². The van der Waals surface area contributed by atoms with Crippen LogP contribution in [0.15, 0.2) is 22.7 Å². The van der Waals surface area contributed by atoms with Gasteiger partial charge < -0.3 is 10.2 Å². The molecule has 4 nitrogen and oxygen atoms in total. The summed E-state index contributed by atoms with van der Waals surface area (Å²) in [4.78, 5) is 25.8. The zero-order valence-electron chi connectivity index (χ0n) is 12.5. The first-order valence-electron chi connectivity index (χ1n) is 7.35. The fourth-order valence-corrected chi connectivity index (χ4v) is 3.21. The molecule has 1 fully saturated rings. The Morgan fingerprint density at radius 2 is 1.95 bits per heavy atom. The van der Waals surface area contributed by atoms with Crippen LogP contribution in [0.5, 0.6) is 0 Å². The lowest BCUT2D eigenvalue weighted by Crippen LogP contribution is -2.46. The molecular formula is C16H21BrN2O2. The molecule has 0 aromatic heterocycles. The van der Waals surface area contributed by atoms with Crippen molar-refractivity contribution in [3.05, 3.63) is 33.8 Å². The molecule has 1 aliphatic heterocycles. The monoisotopic (exact) mass is 352 g/mol. The number of carbonyl (C=O) groups is 2. The van der Waals surface area contributed by atoms with E-state index in [-0.39, 0.29) is 17.9 Å². The lowest BCUT2D eigenvalue weighted by Gasteiger charge is -2.32. The second kappa shape index (κ2) is 7.07. The number of nitrogens with one attached hydrogen (secondary N) is 1. The quantitative estimate of drug-likeness (QED) is 0.909. The Hall–Kier alpha value is -1.36. The van der Waals surface area contributed by atoms with Gasteiger partial charge in [-0.25, -0.2) is 0 Å². The third-order valence-corrected chi connectivity index (χ3v) is 4.22. The number of hydrogen-bond acceptors (Lipinski definition) is 2. The lowest BCUT2D eigenvalue weighted by molar-refractivity contribution is -0.121. The summed E-state index contributed by atoms with van der Waals surface area (Å²) in [6.45, 7) is 5.22. The molecule has 1 aliphatic rings. The zero-order valence-corrected chi connectivity index (χ0v) is 14.1. The number of nitrogens with zero attached hydrogens (tertiary/aromatic N) is 1. The molecule has 21 heavy (non-hydrogen) atoms. The second-order valence-corrected chi connectivity index (χ2v) is 6.42. The first kappa shape index (κ1) is 16.0. The number of aryl methyl sites for hydroxylation is 1. The van der Waals surface area contributed by atoms with Gasteiger partial charge >= 0.3 is 0 Å². The van der Waals surface area contributed by atoms with E-state index in [2.05, 4.69) is 21.2 Å². The van der Waals surface area contributed by atoms with Crippen LogP contribution in [0.3, 0.4) is 0 Å². The van der Waals surface area contributed by atoms with Crippen LogP contribution in [0.4, 0.5) is 0 Å². The van der Waals surface area contributed by atoms with Gasteiger partial charge in [-0.3, -0.25) is 9.59 Å². The molecule has 0 radical (unpaired) electrons. The van der Waals surface area contributed by atoms with E-state index >= 15 is 0 Å². The molecule has 114 valence electrons. The first-order valence-corrected chi connectivity index (χ1v) is 8.14. The normalized spacial score (nSPS) is 15.9. The zero-order chi connectivity index (χ0) is 15.4. The van der Waals surface area contributed by atoms with Crippen LogP contribution < -0.4 is 5.32 Å². The van der Waals surface area contributed by atoms with Crippen LogP contribution in [0.1, 0.15) is 42.1 Å². The highest BCUT2D eigenvalue weighted by Gasteiger charge is 2.24. The number of rotatable bonds is 3. The van der Waals surface area contributed by atoms with Crippen molar-refractivity contribution < 1.29 is 9.59 Å². The molecule has 1 aromatic carbocycles. The van der Waals surface area contributed by atoms with Gasteiger partial charge in [-0.1, -0.05) is 22.9 Å². The molecule has 5 heteroatoms. The number of amides is 2. The molecule has 0 unspecified atom stereocenters. The Labute approximate surface area is 134 Å². The largest absolute Gasteiger partial charge is 0.353 e.